The average molecular weight is 270 g/mol. The van der Waals surface area contributed by atoms with Crippen molar-refractivity contribution in [2.45, 2.75) is 53.9 Å². The van der Waals surface area contributed by atoms with Crippen molar-refractivity contribution in [1.29, 1.82) is 0 Å². The zero-order valence-electron chi connectivity index (χ0n) is 13.5. The smallest absolute Gasteiger partial charge is 0.160 e. The molecule has 2 unspecified atom stereocenters. The quantitative estimate of drug-likeness (QED) is 0.590. The van der Waals surface area contributed by atoms with Gasteiger partial charge >= 0.3 is 0 Å². The molecule has 0 saturated heterocycles. The van der Waals surface area contributed by atoms with Gasteiger partial charge < -0.3 is 0 Å². The molecule has 0 amide bonds. The minimum absolute atomic E-state index is 0.0799. The maximum absolute atomic E-state index is 13.0. The fourth-order valence-electron chi connectivity index (χ4n) is 3.22. The van der Waals surface area contributed by atoms with E-state index in [1.165, 1.54) is 0 Å². The molecule has 1 heteroatoms. The molecule has 1 nitrogen and oxygen atoms in total. The minimum atomic E-state index is -0.587. The molecule has 2 aliphatic rings. The standard InChI is InChI=1S/C19H26O/c1-14-7-10-19(12-11-17(2,3)4)15(13-14)8-9-18(5,6)16(19)20/h7,10,15H,1,8-9,13H2,2-6H3. The Bertz CT molecular complexity index is 530. The number of carbonyl (C=O) groups excluding carboxylic acids is 1. The van der Waals surface area contributed by atoms with E-state index in [4.69, 9.17) is 0 Å². The Morgan fingerprint density at radius 2 is 2.00 bits per heavy atom. The summed E-state index contributed by atoms with van der Waals surface area (Å²) in [6, 6.07) is 0. The van der Waals surface area contributed by atoms with Gasteiger partial charge in [0.15, 0.2) is 5.78 Å². The van der Waals surface area contributed by atoms with Crippen molar-refractivity contribution in [3.63, 3.8) is 0 Å². The van der Waals surface area contributed by atoms with Crippen molar-refractivity contribution in [2.75, 3.05) is 0 Å². The molecule has 0 spiro atoms. The van der Waals surface area contributed by atoms with Gasteiger partial charge in [0.2, 0.25) is 0 Å². The summed E-state index contributed by atoms with van der Waals surface area (Å²) < 4.78 is 0. The van der Waals surface area contributed by atoms with Gasteiger partial charge in [-0.05, 0) is 46.0 Å². The molecule has 108 valence electrons. The van der Waals surface area contributed by atoms with Gasteiger partial charge in [-0.3, -0.25) is 4.79 Å². The summed E-state index contributed by atoms with van der Waals surface area (Å²) in [5.41, 5.74) is 0.182. The molecule has 0 N–H and O–H groups in total. The molecular weight excluding hydrogens is 244 g/mol. The van der Waals surface area contributed by atoms with Gasteiger partial charge in [0.1, 0.15) is 5.41 Å². The summed E-state index contributed by atoms with van der Waals surface area (Å²) in [5, 5.41) is 0. The lowest BCUT2D eigenvalue weighted by Crippen LogP contribution is -2.49. The third-order valence-electron chi connectivity index (χ3n) is 4.49. The zero-order chi connectivity index (χ0) is 15.2. The van der Waals surface area contributed by atoms with Crippen LogP contribution in [-0.2, 0) is 4.79 Å². The lowest BCUT2D eigenvalue weighted by Gasteiger charge is -2.46. The molecule has 2 atom stereocenters. The van der Waals surface area contributed by atoms with Gasteiger partial charge in [-0.2, -0.15) is 0 Å². The number of hydrogen-bond donors (Lipinski definition) is 0. The summed E-state index contributed by atoms with van der Waals surface area (Å²) in [6.45, 7) is 14.5. The van der Waals surface area contributed by atoms with Crippen LogP contribution in [-0.4, -0.2) is 5.78 Å². The van der Waals surface area contributed by atoms with E-state index in [2.05, 4.69) is 53.0 Å². The molecule has 2 aliphatic carbocycles. The van der Waals surface area contributed by atoms with E-state index in [9.17, 15) is 4.79 Å². The second kappa shape index (κ2) is 4.62. The molecule has 0 radical (unpaired) electrons. The second-order valence-electron chi connectivity index (χ2n) is 8.01. The van der Waals surface area contributed by atoms with Gasteiger partial charge in [-0.1, -0.05) is 50.0 Å². The summed E-state index contributed by atoms with van der Waals surface area (Å²) >= 11 is 0. The van der Waals surface area contributed by atoms with Crippen molar-refractivity contribution in [2.24, 2.45) is 22.2 Å². The number of ketones is 1. The Hall–Kier alpha value is -1.29. The van der Waals surface area contributed by atoms with Gasteiger partial charge in [0.05, 0.1) is 0 Å². The molecule has 0 aliphatic heterocycles. The van der Waals surface area contributed by atoms with Crippen molar-refractivity contribution >= 4 is 5.78 Å². The number of allylic oxidation sites excluding steroid dienone is 3. The maximum Gasteiger partial charge on any atom is 0.160 e. The van der Waals surface area contributed by atoms with Crippen LogP contribution in [0, 0.1) is 34.0 Å². The zero-order valence-corrected chi connectivity index (χ0v) is 13.5. The van der Waals surface area contributed by atoms with Gasteiger partial charge in [-0.15, -0.1) is 0 Å². The fourth-order valence-corrected chi connectivity index (χ4v) is 3.22. The van der Waals surface area contributed by atoms with Gasteiger partial charge in [0.25, 0.3) is 0 Å². The number of carbonyl (C=O) groups is 1. The fraction of sp³-hybridized carbons (Fsp3) is 0.632. The van der Waals surface area contributed by atoms with Crippen LogP contribution in [0.3, 0.4) is 0 Å². The first-order valence-electron chi connectivity index (χ1n) is 7.53. The highest BCUT2D eigenvalue weighted by molar-refractivity contribution is 5.95. The SMILES string of the molecule is C=C1C=CC2(C#CC(C)(C)C)C(=O)C(C)(C)CCC2C1. The molecule has 2 rings (SSSR count). The van der Waals surface area contributed by atoms with E-state index in [0.29, 0.717) is 11.7 Å². The highest BCUT2D eigenvalue weighted by Gasteiger charge is 2.53. The lowest BCUT2D eigenvalue weighted by atomic mass is 9.54. The summed E-state index contributed by atoms with van der Waals surface area (Å²) in [7, 11) is 0. The number of hydrogen-bond acceptors (Lipinski definition) is 1. The molecule has 0 aromatic rings. The van der Waals surface area contributed by atoms with Crippen LogP contribution < -0.4 is 0 Å². The Kier molecular flexibility index (Phi) is 3.49. The highest BCUT2D eigenvalue weighted by atomic mass is 16.1. The predicted molar refractivity (Wildman–Crippen MR) is 84.1 cm³/mol. The second-order valence-corrected chi connectivity index (χ2v) is 8.01. The molecule has 0 aromatic carbocycles. The number of Topliss-reactive ketones (excluding diaryl/α,β-unsaturated/α-hetero) is 1. The van der Waals surface area contributed by atoms with Crippen molar-refractivity contribution in [3.8, 4) is 11.8 Å². The Morgan fingerprint density at radius 1 is 1.35 bits per heavy atom. The molecule has 0 aromatic heterocycles. The van der Waals surface area contributed by atoms with E-state index in [-0.39, 0.29) is 10.8 Å². The first-order valence-corrected chi connectivity index (χ1v) is 7.53. The molecule has 20 heavy (non-hydrogen) atoms. The van der Waals surface area contributed by atoms with Crippen LogP contribution >= 0.6 is 0 Å². The van der Waals surface area contributed by atoms with Crippen molar-refractivity contribution in [1.82, 2.24) is 0 Å². The molecule has 1 fully saturated rings. The van der Waals surface area contributed by atoms with Crippen LogP contribution in [0.4, 0.5) is 0 Å². The summed E-state index contributed by atoms with van der Waals surface area (Å²) in [4.78, 5) is 13.0. The maximum atomic E-state index is 13.0. The third-order valence-corrected chi connectivity index (χ3v) is 4.49. The lowest BCUT2D eigenvalue weighted by molar-refractivity contribution is -0.139. The highest BCUT2D eigenvalue weighted by Crippen LogP contribution is 2.51. The Labute approximate surface area is 123 Å². The van der Waals surface area contributed by atoms with Crippen LogP contribution in [0.15, 0.2) is 24.3 Å². The first-order chi connectivity index (χ1) is 9.07. The van der Waals surface area contributed by atoms with Crippen molar-refractivity contribution in [3.05, 3.63) is 24.3 Å². The largest absolute Gasteiger partial charge is 0.297 e. The molecule has 0 bridgehead atoms. The Balaban J connectivity index is 2.54. The topological polar surface area (TPSA) is 17.1 Å². The predicted octanol–water partition coefficient (Wildman–Crippen LogP) is 4.54. The van der Waals surface area contributed by atoms with Crippen LogP contribution in [0.1, 0.15) is 53.9 Å². The normalized spacial score (nSPS) is 32.4. The summed E-state index contributed by atoms with van der Waals surface area (Å²) in [5.74, 6) is 7.28. The first kappa shape index (κ1) is 15.1. The minimum Gasteiger partial charge on any atom is -0.297 e. The number of rotatable bonds is 0. The van der Waals surface area contributed by atoms with Crippen LogP contribution in [0.5, 0.6) is 0 Å². The average Bonchev–Trinajstić information content (AvgIpc) is 2.32. The molecule has 0 heterocycles. The van der Waals surface area contributed by atoms with E-state index in [1.54, 1.807) is 0 Å². The van der Waals surface area contributed by atoms with Crippen LogP contribution in [0.2, 0.25) is 0 Å². The van der Waals surface area contributed by atoms with Gasteiger partial charge in [-0.25, -0.2) is 0 Å². The number of fused-ring (bicyclic) bond motifs is 1. The third kappa shape index (κ3) is 2.62. The van der Waals surface area contributed by atoms with E-state index in [1.807, 2.05) is 12.2 Å². The van der Waals surface area contributed by atoms with Crippen LogP contribution in [0.25, 0.3) is 0 Å². The van der Waals surface area contributed by atoms with E-state index >= 15 is 0 Å². The summed E-state index contributed by atoms with van der Waals surface area (Å²) in [6.07, 6.45) is 6.95. The monoisotopic (exact) mass is 270 g/mol. The van der Waals surface area contributed by atoms with E-state index in [0.717, 1.165) is 24.8 Å². The van der Waals surface area contributed by atoms with Gasteiger partial charge in [0, 0.05) is 10.8 Å². The van der Waals surface area contributed by atoms with E-state index < -0.39 is 5.41 Å². The Morgan fingerprint density at radius 3 is 2.60 bits per heavy atom. The van der Waals surface area contributed by atoms with Crippen molar-refractivity contribution < 1.29 is 4.79 Å². The molecule has 1 saturated carbocycles. The molecular formula is C19H26O.